The van der Waals surface area contributed by atoms with Crippen LogP contribution in [0.3, 0.4) is 0 Å². The Hall–Kier alpha value is -0.840. The molecule has 0 bridgehead atoms. The van der Waals surface area contributed by atoms with Crippen molar-refractivity contribution in [1.82, 2.24) is 10.3 Å². The molecule has 0 aromatic carbocycles. The highest BCUT2D eigenvalue weighted by Crippen LogP contribution is 2.12. The number of hydrogen-bond acceptors (Lipinski definition) is 3. The minimum Gasteiger partial charge on any atom is -0.351 e. The van der Waals surface area contributed by atoms with Crippen molar-refractivity contribution in [3.63, 3.8) is 0 Å². The molecule has 1 rings (SSSR count). The summed E-state index contributed by atoms with van der Waals surface area (Å²) in [5.41, 5.74) is 5.98. The van der Waals surface area contributed by atoms with Gasteiger partial charge in [0.2, 0.25) is 5.91 Å². The van der Waals surface area contributed by atoms with Gasteiger partial charge in [0.1, 0.15) is 0 Å². The summed E-state index contributed by atoms with van der Waals surface area (Å²) in [6.07, 6.45) is 3.44. The molecule has 0 aliphatic rings. The Labute approximate surface area is 114 Å². The van der Waals surface area contributed by atoms with Gasteiger partial charge < -0.3 is 11.1 Å². The lowest BCUT2D eigenvalue weighted by Crippen LogP contribution is -2.41. The number of carbonyl (C=O) groups excluding carboxylic acids is 1. The summed E-state index contributed by atoms with van der Waals surface area (Å²) in [5, 5.41) is 2.83. The van der Waals surface area contributed by atoms with Gasteiger partial charge in [-0.25, -0.2) is 0 Å². The van der Waals surface area contributed by atoms with E-state index in [0.717, 1.165) is 5.56 Å². The quantitative estimate of drug-likeness (QED) is 0.878. The second kappa shape index (κ2) is 8.28. The molecular weight excluding hydrogens is 261 g/mol. The Kier molecular flexibility index (Phi) is 9.02. The van der Waals surface area contributed by atoms with Crippen LogP contribution in [0.25, 0.3) is 0 Å². The number of amides is 1. The summed E-state index contributed by atoms with van der Waals surface area (Å²) < 4.78 is 0. The van der Waals surface area contributed by atoms with Crippen molar-refractivity contribution in [2.24, 2.45) is 11.1 Å². The number of hydrogen-bond donors (Lipinski definition) is 2. The minimum atomic E-state index is -0.512. The molecule has 17 heavy (non-hydrogen) atoms. The molecule has 0 spiro atoms. The molecule has 0 fully saturated rings. The van der Waals surface area contributed by atoms with E-state index in [1.54, 1.807) is 12.4 Å². The summed E-state index contributed by atoms with van der Waals surface area (Å²) in [4.78, 5) is 15.6. The molecule has 0 unspecified atom stereocenters. The zero-order valence-electron chi connectivity index (χ0n) is 9.97. The van der Waals surface area contributed by atoms with Crippen molar-refractivity contribution >= 4 is 30.7 Å². The lowest BCUT2D eigenvalue weighted by atomic mass is 9.93. The molecule has 1 amide bonds. The number of nitrogens with one attached hydrogen (secondary N) is 1. The number of carbonyl (C=O) groups is 1. The molecule has 0 saturated heterocycles. The normalized spacial score (nSPS) is 9.82. The highest BCUT2D eigenvalue weighted by atomic mass is 35.5. The number of aromatic nitrogens is 1. The molecule has 0 aliphatic heterocycles. The third kappa shape index (κ3) is 5.86. The summed E-state index contributed by atoms with van der Waals surface area (Å²) in [6, 6.07) is 3.76. The van der Waals surface area contributed by atoms with Crippen LogP contribution in [-0.2, 0) is 11.3 Å². The van der Waals surface area contributed by atoms with E-state index >= 15 is 0 Å². The molecular formula is C11H19Cl2N3O. The third-order valence-electron chi connectivity index (χ3n) is 2.30. The summed E-state index contributed by atoms with van der Waals surface area (Å²) in [5.74, 6) is -0.0335. The maximum Gasteiger partial charge on any atom is 0.227 e. The van der Waals surface area contributed by atoms with E-state index in [1.165, 1.54) is 0 Å². The molecule has 1 heterocycles. The van der Waals surface area contributed by atoms with E-state index in [-0.39, 0.29) is 30.7 Å². The smallest absolute Gasteiger partial charge is 0.227 e. The third-order valence-corrected chi connectivity index (χ3v) is 2.30. The predicted molar refractivity (Wildman–Crippen MR) is 73.4 cm³/mol. The first-order valence-electron chi connectivity index (χ1n) is 4.93. The van der Waals surface area contributed by atoms with Gasteiger partial charge in [-0.15, -0.1) is 24.8 Å². The molecule has 0 aliphatic carbocycles. The van der Waals surface area contributed by atoms with Gasteiger partial charge in [0, 0.05) is 25.5 Å². The molecule has 1 aromatic rings. The molecule has 0 atom stereocenters. The van der Waals surface area contributed by atoms with E-state index in [2.05, 4.69) is 10.3 Å². The monoisotopic (exact) mass is 279 g/mol. The van der Waals surface area contributed by atoms with Gasteiger partial charge in [0.25, 0.3) is 0 Å². The van der Waals surface area contributed by atoms with Crippen LogP contribution in [0.5, 0.6) is 0 Å². The van der Waals surface area contributed by atoms with Crippen LogP contribution in [0, 0.1) is 5.41 Å². The van der Waals surface area contributed by atoms with Crippen LogP contribution >= 0.6 is 24.8 Å². The lowest BCUT2D eigenvalue weighted by molar-refractivity contribution is -0.129. The van der Waals surface area contributed by atoms with Crippen LogP contribution in [0.4, 0.5) is 0 Å². The van der Waals surface area contributed by atoms with Gasteiger partial charge in [-0.05, 0) is 25.5 Å². The number of nitrogens with two attached hydrogens (primary N) is 1. The molecule has 98 valence electrons. The van der Waals surface area contributed by atoms with Crippen molar-refractivity contribution in [2.75, 3.05) is 6.54 Å². The van der Waals surface area contributed by atoms with Crippen molar-refractivity contribution in [1.29, 1.82) is 0 Å². The van der Waals surface area contributed by atoms with Crippen LogP contribution < -0.4 is 11.1 Å². The molecule has 0 radical (unpaired) electrons. The van der Waals surface area contributed by atoms with Crippen molar-refractivity contribution in [3.8, 4) is 0 Å². The molecule has 3 N–H and O–H groups in total. The topological polar surface area (TPSA) is 68.0 Å². The van der Waals surface area contributed by atoms with E-state index in [1.807, 2.05) is 26.0 Å². The Morgan fingerprint density at radius 1 is 1.47 bits per heavy atom. The van der Waals surface area contributed by atoms with E-state index < -0.39 is 5.41 Å². The first kappa shape index (κ1) is 18.5. The van der Waals surface area contributed by atoms with E-state index in [0.29, 0.717) is 13.1 Å². The largest absolute Gasteiger partial charge is 0.351 e. The molecule has 1 aromatic heterocycles. The number of rotatable bonds is 4. The van der Waals surface area contributed by atoms with Crippen LogP contribution in [0.15, 0.2) is 24.5 Å². The van der Waals surface area contributed by atoms with Crippen LogP contribution in [0.1, 0.15) is 19.4 Å². The van der Waals surface area contributed by atoms with E-state index in [4.69, 9.17) is 5.73 Å². The number of halogens is 2. The Morgan fingerprint density at radius 3 is 2.59 bits per heavy atom. The van der Waals surface area contributed by atoms with Crippen LogP contribution in [0.2, 0.25) is 0 Å². The summed E-state index contributed by atoms with van der Waals surface area (Å²) in [7, 11) is 0. The zero-order chi connectivity index (χ0) is 11.3. The summed E-state index contributed by atoms with van der Waals surface area (Å²) >= 11 is 0. The van der Waals surface area contributed by atoms with Gasteiger partial charge in [-0.3, -0.25) is 9.78 Å². The first-order chi connectivity index (χ1) is 7.06. The fourth-order valence-electron chi connectivity index (χ4n) is 1.02. The minimum absolute atomic E-state index is 0. The van der Waals surface area contributed by atoms with Gasteiger partial charge in [0.15, 0.2) is 0 Å². The van der Waals surface area contributed by atoms with Gasteiger partial charge in [0.05, 0.1) is 5.41 Å². The highest BCUT2D eigenvalue weighted by molar-refractivity contribution is 5.85. The van der Waals surface area contributed by atoms with Crippen molar-refractivity contribution in [2.45, 2.75) is 20.4 Å². The SMILES string of the molecule is CC(C)(CN)C(=O)NCc1cccnc1.Cl.Cl. The van der Waals surface area contributed by atoms with Crippen molar-refractivity contribution in [3.05, 3.63) is 30.1 Å². The molecule has 6 heteroatoms. The fourth-order valence-corrected chi connectivity index (χ4v) is 1.02. The predicted octanol–water partition coefficient (Wildman–Crippen LogP) is 1.53. The van der Waals surface area contributed by atoms with Gasteiger partial charge in [-0.1, -0.05) is 6.07 Å². The molecule has 4 nitrogen and oxygen atoms in total. The second-order valence-electron chi connectivity index (χ2n) is 4.13. The average Bonchev–Trinajstić information content (AvgIpc) is 2.27. The van der Waals surface area contributed by atoms with E-state index in [9.17, 15) is 4.79 Å². The maximum absolute atomic E-state index is 11.7. The first-order valence-corrected chi connectivity index (χ1v) is 4.93. The highest BCUT2D eigenvalue weighted by Gasteiger charge is 2.25. The summed E-state index contributed by atoms with van der Waals surface area (Å²) in [6.45, 7) is 4.49. The van der Waals surface area contributed by atoms with Gasteiger partial charge >= 0.3 is 0 Å². The maximum atomic E-state index is 11.7. The van der Waals surface area contributed by atoms with Gasteiger partial charge in [-0.2, -0.15) is 0 Å². The van der Waals surface area contributed by atoms with Crippen LogP contribution in [-0.4, -0.2) is 17.4 Å². The number of nitrogens with zero attached hydrogens (tertiary/aromatic N) is 1. The Morgan fingerprint density at radius 2 is 2.12 bits per heavy atom. The zero-order valence-corrected chi connectivity index (χ0v) is 11.6. The Balaban J connectivity index is 0. The molecule has 0 saturated carbocycles. The lowest BCUT2D eigenvalue weighted by Gasteiger charge is -2.21. The fraction of sp³-hybridized carbons (Fsp3) is 0.455. The number of pyridine rings is 1. The Bertz CT molecular complexity index is 331. The van der Waals surface area contributed by atoms with Crippen molar-refractivity contribution < 1.29 is 4.79 Å². The average molecular weight is 280 g/mol. The second-order valence-corrected chi connectivity index (χ2v) is 4.13. The standard InChI is InChI=1S/C11H17N3O.2ClH/c1-11(2,8-12)10(15)14-7-9-4-3-5-13-6-9;;/h3-6H,7-8,12H2,1-2H3,(H,14,15);2*1H.